The molecular weight excluding hydrogens is 226 g/mol. The summed E-state index contributed by atoms with van der Waals surface area (Å²) in [5.74, 6) is 0.703. The second-order valence-corrected chi connectivity index (χ2v) is 5.92. The molecule has 18 heavy (non-hydrogen) atoms. The molecule has 1 heterocycles. The van der Waals surface area contributed by atoms with Crippen molar-refractivity contribution in [1.82, 2.24) is 4.90 Å². The van der Waals surface area contributed by atoms with Crippen molar-refractivity contribution in [2.24, 2.45) is 5.92 Å². The van der Waals surface area contributed by atoms with Crippen LogP contribution in [0.25, 0.3) is 0 Å². The van der Waals surface area contributed by atoms with Crippen LogP contribution in [0.1, 0.15) is 51.4 Å². The Kier molecular flexibility index (Phi) is 4.44. The van der Waals surface area contributed by atoms with E-state index in [0.29, 0.717) is 12.3 Å². The molecule has 1 saturated carbocycles. The van der Waals surface area contributed by atoms with Crippen LogP contribution in [0.15, 0.2) is 12.7 Å². The molecular formula is C15H25NO2. The Morgan fingerprint density at radius 1 is 1.28 bits per heavy atom. The topological polar surface area (TPSA) is 40.5 Å². The number of hydrogen-bond acceptors (Lipinski definition) is 2. The summed E-state index contributed by atoms with van der Waals surface area (Å²) in [6.07, 6.45) is 9.26. The van der Waals surface area contributed by atoms with Crippen molar-refractivity contribution in [3.8, 4) is 0 Å². The highest BCUT2D eigenvalue weighted by Crippen LogP contribution is 2.31. The van der Waals surface area contributed by atoms with Gasteiger partial charge in [0.2, 0.25) is 5.91 Å². The van der Waals surface area contributed by atoms with Crippen molar-refractivity contribution < 1.29 is 9.90 Å². The summed E-state index contributed by atoms with van der Waals surface area (Å²) in [4.78, 5) is 14.1. The van der Waals surface area contributed by atoms with Gasteiger partial charge in [-0.15, -0.1) is 6.58 Å². The molecule has 1 saturated heterocycles. The third-order valence-electron chi connectivity index (χ3n) is 4.49. The molecule has 1 aliphatic carbocycles. The molecule has 2 aliphatic rings. The number of allylic oxidation sites excluding steroid dienone is 1. The Balaban J connectivity index is 1.82. The SMILES string of the molecule is C=CC1CCN(C(=O)CC2(O)CCCCC2)CC1. The van der Waals surface area contributed by atoms with E-state index in [-0.39, 0.29) is 5.91 Å². The van der Waals surface area contributed by atoms with E-state index in [1.54, 1.807) is 0 Å². The highest BCUT2D eigenvalue weighted by molar-refractivity contribution is 5.77. The molecule has 3 heteroatoms. The predicted octanol–water partition coefficient (Wildman–Crippen LogP) is 2.50. The molecule has 0 aromatic carbocycles. The summed E-state index contributed by atoms with van der Waals surface area (Å²) >= 11 is 0. The number of aliphatic hydroxyl groups is 1. The van der Waals surface area contributed by atoms with E-state index in [9.17, 15) is 9.90 Å². The Hall–Kier alpha value is -0.830. The van der Waals surface area contributed by atoms with Crippen LogP contribution in [-0.4, -0.2) is 34.6 Å². The zero-order chi connectivity index (χ0) is 13.0. The summed E-state index contributed by atoms with van der Waals surface area (Å²) < 4.78 is 0. The number of carbonyl (C=O) groups excluding carboxylic acids is 1. The fourth-order valence-electron chi connectivity index (χ4n) is 3.16. The molecule has 0 aromatic rings. The average Bonchev–Trinajstić information content (AvgIpc) is 2.39. The van der Waals surface area contributed by atoms with Gasteiger partial charge in [-0.3, -0.25) is 4.79 Å². The van der Waals surface area contributed by atoms with Gasteiger partial charge in [-0.05, 0) is 31.6 Å². The first kappa shape index (κ1) is 13.6. The van der Waals surface area contributed by atoms with Gasteiger partial charge >= 0.3 is 0 Å². The Bertz CT molecular complexity index is 300. The lowest BCUT2D eigenvalue weighted by molar-refractivity contribution is -0.139. The van der Waals surface area contributed by atoms with Gasteiger partial charge in [0.25, 0.3) is 0 Å². The molecule has 0 unspecified atom stereocenters. The van der Waals surface area contributed by atoms with E-state index in [2.05, 4.69) is 6.58 Å². The zero-order valence-electron chi connectivity index (χ0n) is 11.2. The highest BCUT2D eigenvalue weighted by Gasteiger charge is 2.34. The van der Waals surface area contributed by atoms with Gasteiger partial charge in [0.1, 0.15) is 0 Å². The Labute approximate surface area is 110 Å². The Morgan fingerprint density at radius 3 is 2.44 bits per heavy atom. The predicted molar refractivity (Wildman–Crippen MR) is 72.2 cm³/mol. The Morgan fingerprint density at radius 2 is 1.89 bits per heavy atom. The quantitative estimate of drug-likeness (QED) is 0.783. The van der Waals surface area contributed by atoms with E-state index < -0.39 is 5.60 Å². The van der Waals surface area contributed by atoms with E-state index in [4.69, 9.17) is 0 Å². The van der Waals surface area contributed by atoms with Crippen molar-refractivity contribution in [1.29, 1.82) is 0 Å². The second kappa shape index (κ2) is 5.87. The summed E-state index contributed by atoms with van der Waals surface area (Å²) in [6, 6.07) is 0. The molecule has 0 bridgehead atoms. The number of amides is 1. The zero-order valence-corrected chi connectivity index (χ0v) is 11.2. The van der Waals surface area contributed by atoms with Gasteiger partial charge in [-0.2, -0.15) is 0 Å². The van der Waals surface area contributed by atoms with Crippen LogP contribution in [0.2, 0.25) is 0 Å². The van der Waals surface area contributed by atoms with Gasteiger partial charge in [-0.1, -0.05) is 25.3 Å². The number of rotatable bonds is 3. The molecule has 2 rings (SSSR count). The molecule has 0 aromatic heterocycles. The molecule has 3 nitrogen and oxygen atoms in total. The lowest BCUT2D eigenvalue weighted by Crippen LogP contribution is -2.43. The molecule has 102 valence electrons. The fraction of sp³-hybridized carbons (Fsp3) is 0.800. The van der Waals surface area contributed by atoms with E-state index in [0.717, 1.165) is 51.6 Å². The van der Waals surface area contributed by atoms with Gasteiger partial charge in [0, 0.05) is 13.1 Å². The maximum absolute atomic E-state index is 12.2. The first-order chi connectivity index (χ1) is 8.63. The van der Waals surface area contributed by atoms with Crippen LogP contribution in [0.3, 0.4) is 0 Å². The lowest BCUT2D eigenvalue weighted by Gasteiger charge is -2.36. The van der Waals surface area contributed by atoms with E-state index >= 15 is 0 Å². The maximum atomic E-state index is 12.2. The van der Waals surface area contributed by atoms with Crippen molar-refractivity contribution >= 4 is 5.91 Å². The van der Waals surface area contributed by atoms with E-state index in [1.165, 1.54) is 6.42 Å². The summed E-state index contributed by atoms with van der Waals surface area (Å²) in [6.45, 7) is 5.47. The second-order valence-electron chi connectivity index (χ2n) is 5.92. The van der Waals surface area contributed by atoms with Crippen molar-refractivity contribution in [2.45, 2.75) is 57.0 Å². The minimum absolute atomic E-state index is 0.141. The van der Waals surface area contributed by atoms with Crippen LogP contribution in [-0.2, 0) is 4.79 Å². The van der Waals surface area contributed by atoms with Crippen molar-refractivity contribution in [3.63, 3.8) is 0 Å². The van der Waals surface area contributed by atoms with Gasteiger partial charge in [-0.25, -0.2) is 0 Å². The molecule has 0 atom stereocenters. The smallest absolute Gasteiger partial charge is 0.225 e. The number of piperidine rings is 1. The summed E-state index contributed by atoms with van der Waals surface area (Å²) in [5.41, 5.74) is -0.718. The van der Waals surface area contributed by atoms with Gasteiger partial charge in [0.15, 0.2) is 0 Å². The minimum atomic E-state index is -0.718. The van der Waals surface area contributed by atoms with Crippen LogP contribution in [0, 0.1) is 5.92 Å². The molecule has 1 aliphatic heterocycles. The molecule has 0 radical (unpaired) electrons. The average molecular weight is 251 g/mol. The number of hydrogen-bond donors (Lipinski definition) is 1. The van der Waals surface area contributed by atoms with Gasteiger partial charge in [0.05, 0.1) is 12.0 Å². The monoisotopic (exact) mass is 251 g/mol. The van der Waals surface area contributed by atoms with Crippen molar-refractivity contribution in [3.05, 3.63) is 12.7 Å². The third kappa shape index (κ3) is 3.35. The number of nitrogens with zero attached hydrogens (tertiary/aromatic N) is 1. The van der Waals surface area contributed by atoms with Crippen LogP contribution < -0.4 is 0 Å². The van der Waals surface area contributed by atoms with Crippen LogP contribution >= 0.6 is 0 Å². The first-order valence-corrected chi connectivity index (χ1v) is 7.26. The van der Waals surface area contributed by atoms with Crippen LogP contribution in [0.5, 0.6) is 0 Å². The van der Waals surface area contributed by atoms with Crippen LogP contribution in [0.4, 0.5) is 0 Å². The van der Waals surface area contributed by atoms with E-state index in [1.807, 2.05) is 11.0 Å². The number of carbonyl (C=O) groups is 1. The summed E-state index contributed by atoms with van der Waals surface area (Å²) in [7, 11) is 0. The third-order valence-corrected chi connectivity index (χ3v) is 4.49. The first-order valence-electron chi connectivity index (χ1n) is 7.26. The minimum Gasteiger partial charge on any atom is -0.389 e. The maximum Gasteiger partial charge on any atom is 0.225 e. The standard InChI is InChI=1S/C15H25NO2/c1-2-13-6-10-16(11-7-13)14(17)12-15(18)8-4-3-5-9-15/h2,13,18H,1,3-12H2. The van der Waals surface area contributed by atoms with Crippen molar-refractivity contribution in [2.75, 3.05) is 13.1 Å². The molecule has 1 N–H and O–H groups in total. The molecule has 0 spiro atoms. The highest BCUT2D eigenvalue weighted by atomic mass is 16.3. The summed E-state index contributed by atoms with van der Waals surface area (Å²) in [5, 5.41) is 10.4. The fourth-order valence-corrected chi connectivity index (χ4v) is 3.16. The normalized spacial score (nSPS) is 24.8. The largest absolute Gasteiger partial charge is 0.389 e. The number of likely N-dealkylation sites (tertiary alicyclic amines) is 1. The molecule has 2 fully saturated rings. The van der Waals surface area contributed by atoms with Gasteiger partial charge < -0.3 is 10.0 Å². The molecule has 1 amide bonds. The lowest BCUT2D eigenvalue weighted by atomic mass is 9.82.